The summed E-state index contributed by atoms with van der Waals surface area (Å²) in [5.41, 5.74) is 7.47. The summed E-state index contributed by atoms with van der Waals surface area (Å²) in [4.78, 5) is 17.0. The van der Waals surface area contributed by atoms with E-state index in [4.69, 9.17) is 4.74 Å². The molecule has 0 aliphatic carbocycles. The first-order valence-electron chi connectivity index (χ1n) is 12.1. The highest BCUT2D eigenvalue weighted by Gasteiger charge is 2.33. The first-order chi connectivity index (χ1) is 15.1. The Morgan fingerprint density at radius 3 is 2.34 bits per heavy atom. The first-order valence-corrected chi connectivity index (χ1v) is 12.1. The molecule has 32 heavy (non-hydrogen) atoms. The number of hydrogen-bond donors (Lipinski definition) is 0. The van der Waals surface area contributed by atoms with Crippen molar-refractivity contribution in [3.63, 3.8) is 0 Å². The van der Waals surface area contributed by atoms with Crippen LogP contribution >= 0.6 is 0 Å². The maximum atomic E-state index is 12.0. The van der Waals surface area contributed by atoms with Crippen molar-refractivity contribution in [2.24, 2.45) is 0 Å². The van der Waals surface area contributed by atoms with E-state index in [1.165, 1.54) is 28.8 Å². The first kappa shape index (κ1) is 24.2. The van der Waals surface area contributed by atoms with E-state index in [0.717, 1.165) is 18.8 Å². The molecule has 2 aromatic rings. The number of carbonyl (C=O) groups excluding carboxylic acids is 1. The highest BCUT2D eigenvalue weighted by Crippen LogP contribution is 2.43. The summed E-state index contributed by atoms with van der Waals surface area (Å²) in [6.45, 7) is 20.2. The zero-order valence-corrected chi connectivity index (χ0v) is 21.2. The van der Waals surface area contributed by atoms with Crippen LogP contribution in [-0.2, 0) is 10.2 Å². The zero-order chi connectivity index (χ0) is 23.6. The lowest BCUT2D eigenvalue weighted by Gasteiger charge is -2.43. The van der Waals surface area contributed by atoms with E-state index in [1.807, 2.05) is 31.2 Å². The van der Waals surface area contributed by atoms with Crippen LogP contribution in [0.15, 0.2) is 36.4 Å². The number of carbonyl (C=O) groups is 1. The summed E-state index contributed by atoms with van der Waals surface area (Å²) < 4.78 is 5.13. The van der Waals surface area contributed by atoms with Crippen molar-refractivity contribution >= 4 is 17.3 Å². The summed E-state index contributed by atoms with van der Waals surface area (Å²) >= 11 is 0. The minimum absolute atomic E-state index is 0.195. The summed E-state index contributed by atoms with van der Waals surface area (Å²) in [5.74, 6) is -0.267. The van der Waals surface area contributed by atoms with Crippen molar-refractivity contribution in [3.05, 3.63) is 58.7 Å². The Hall–Kier alpha value is -2.49. The minimum Gasteiger partial charge on any atom is -0.462 e. The van der Waals surface area contributed by atoms with E-state index in [9.17, 15) is 4.79 Å². The molecule has 1 unspecified atom stereocenters. The second-order valence-corrected chi connectivity index (χ2v) is 9.88. The number of hydrogen-bond acceptors (Lipinski definition) is 4. The van der Waals surface area contributed by atoms with Gasteiger partial charge in [-0.1, -0.05) is 19.9 Å². The number of esters is 1. The van der Waals surface area contributed by atoms with E-state index >= 15 is 0 Å². The standard InChI is InChI=1S/C28H40N2O2/c1-9-29(23-13-11-22(12-14-23)27(31)32-10-2)21(6)24-18-26-25(17-20(24)5)28(7,8)15-16-30(26)19(3)4/h11-14,17-19,21H,9-10,15-16H2,1-8H3. The highest BCUT2D eigenvalue weighted by molar-refractivity contribution is 5.89. The molecule has 0 N–H and O–H groups in total. The molecule has 0 fully saturated rings. The quantitative estimate of drug-likeness (QED) is 0.455. The summed E-state index contributed by atoms with van der Waals surface area (Å²) in [7, 11) is 0. The predicted octanol–water partition coefficient (Wildman–Crippen LogP) is 6.66. The van der Waals surface area contributed by atoms with Gasteiger partial charge in [-0.05, 0) is 100 Å². The van der Waals surface area contributed by atoms with E-state index in [1.54, 1.807) is 0 Å². The third kappa shape index (κ3) is 4.65. The number of ether oxygens (including phenoxy) is 1. The molecule has 0 aromatic heterocycles. The number of rotatable bonds is 7. The second-order valence-electron chi connectivity index (χ2n) is 9.88. The topological polar surface area (TPSA) is 32.8 Å². The van der Waals surface area contributed by atoms with Crippen molar-refractivity contribution in [3.8, 4) is 0 Å². The van der Waals surface area contributed by atoms with Gasteiger partial charge in [-0.2, -0.15) is 0 Å². The Labute approximate surface area is 194 Å². The van der Waals surface area contributed by atoms with Crippen molar-refractivity contribution in [1.82, 2.24) is 0 Å². The lowest BCUT2D eigenvalue weighted by molar-refractivity contribution is 0.0526. The van der Waals surface area contributed by atoms with Crippen LogP contribution in [0.4, 0.5) is 11.4 Å². The molecule has 4 nitrogen and oxygen atoms in total. The van der Waals surface area contributed by atoms with E-state index in [2.05, 4.69) is 70.4 Å². The molecule has 0 bridgehead atoms. The van der Waals surface area contributed by atoms with Gasteiger partial charge in [0.05, 0.1) is 18.2 Å². The summed E-state index contributed by atoms with van der Waals surface area (Å²) in [6, 6.07) is 13.4. The molecular weight excluding hydrogens is 396 g/mol. The lowest BCUT2D eigenvalue weighted by atomic mass is 9.75. The van der Waals surface area contributed by atoms with Crippen LogP contribution in [0.5, 0.6) is 0 Å². The van der Waals surface area contributed by atoms with Crippen molar-refractivity contribution < 1.29 is 9.53 Å². The minimum atomic E-state index is -0.267. The largest absolute Gasteiger partial charge is 0.462 e. The third-order valence-corrected chi connectivity index (χ3v) is 6.99. The average molecular weight is 437 g/mol. The fourth-order valence-electron chi connectivity index (χ4n) is 4.99. The fraction of sp³-hybridized carbons (Fsp3) is 0.536. The third-order valence-electron chi connectivity index (χ3n) is 6.99. The summed E-state index contributed by atoms with van der Waals surface area (Å²) in [6.07, 6.45) is 1.18. The Balaban J connectivity index is 1.98. The van der Waals surface area contributed by atoms with Gasteiger partial charge in [0, 0.05) is 30.5 Å². The fourth-order valence-corrected chi connectivity index (χ4v) is 4.99. The predicted molar refractivity (Wildman–Crippen MR) is 135 cm³/mol. The molecule has 0 spiro atoms. The Bertz CT molecular complexity index is 947. The van der Waals surface area contributed by atoms with Crippen molar-refractivity contribution in [2.45, 2.75) is 79.3 Å². The van der Waals surface area contributed by atoms with Crippen molar-refractivity contribution in [1.29, 1.82) is 0 Å². The van der Waals surface area contributed by atoms with E-state index in [0.29, 0.717) is 18.2 Å². The number of aryl methyl sites for hydroxylation is 1. The van der Waals surface area contributed by atoms with Gasteiger partial charge in [0.1, 0.15) is 0 Å². The Morgan fingerprint density at radius 1 is 1.12 bits per heavy atom. The van der Waals surface area contributed by atoms with Crippen LogP contribution in [0.3, 0.4) is 0 Å². The molecular formula is C28H40N2O2. The van der Waals surface area contributed by atoms with Crippen LogP contribution in [-0.4, -0.2) is 31.7 Å². The smallest absolute Gasteiger partial charge is 0.338 e. The van der Waals surface area contributed by atoms with Gasteiger partial charge in [-0.3, -0.25) is 0 Å². The molecule has 1 aliphatic rings. The Morgan fingerprint density at radius 2 is 1.78 bits per heavy atom. The van der Waals surface area contributed by atoms with E-state index < -0.39 is 0 Å². The number of benzene rings is 2. The molecule has 4 heteroatoms. The van der Waals surface area contributed by atoms with Crippen LogP contribution in [0.25, 0.3) is 0 Å². The number of fused-ring (bicyclic) bond motifs is 1. The van der Waals surface area contributed by atoms with Gasteiger partial charge in [0.2, 0.25) is 0 Å². The maximum Gasteiger partial charge on any atom is 0.338 e. The Kier molecular flexibility index (Phi) is 7.22. The van der Waals surface area contributed by atoms with Gasteiger partial charge in [0.15, 0.2) is 0 Å². The number of nitrogens with zero attached hydrogens (tertiary/aromatic N) is 2. The SMILES string of the molecule is CCOC(=O)c1ccc(N(CC)C(C)c2cc3c(cc2C)C(C)(C)CCN3C(C)C)cc1. The summed E-state index contributed by atoms with van der Waals surface area (Å²) in [5, 5.41) is 0. The second kappa shape index (κ2) is 9.56. The molecule has 2 aromatic carbocycles. The molecule has 1 atom stereocenters. The van der Waals surface area contributed by atoms with Gasteiger partial charge >= 0.3 is 5.97 Å². The van der Waals surface area contributed by atoms with Crippen molar-refractivity contribution in [2.75, 3.05) is 29.5 Å². The molecule has 1 heterocycles. The average Bonchev–Trinajstić information content (AvgIpc) is 2.74. The molecule has 0 saturated carbocycles. The van der Waals surface area contributed by atoms with Gasteiger partial charge in [-0.25, -0.2) is 4.79 Å². The van der Waals surface area contributed by atoms with Crippen LogP contribution in [0.1, 0.15) is 88.0 Å². The van der Waals surface area contributed by atoms with E-state index in [-0.39, 0.29) is 17.4 Å². The highest BCUT2D eigenvalue weighted by atomic mass is 16.5. The number of anilines is 2. The van der Waals surface area contributed by atoms with Gasteiger partial charge in [-0.15, -0.1) is 0 Å². The lowest BCUT2D eigenvalue weighted by Crippen LogP contribution is -2.41. The zero-order valence-electron chi connectivity index (χ0n) is 21.2. The normalized spacial score (nSPS) is 16.0. The molecule has 0 amide bonds. The van der Waals surface area contributed by atoms with Crippen LogP contribution in [0.2, 0.25) is 0 Å². The van der Waals surface area contributed by atoms with Gasteiger partial charge < -0.3 is 14.5 Å². The van der Waals surface area contributed by atoms with Crippen LogP contribution in [0, 0.1) is 6.92 Å². The monoisotopic (exact) mass is 436 g/mol. The molecule has 3 rings (SSSR count). The molecule has 174 valence electrons. The molecule has 0 radical (unpaired) electrons. The van der Waals surface area contributed by atoms with Crippen LogP contribution < -0.4 is 9.80 Å². The van der Waals surface area contributed by atoms with Gasteiger partial charge in [0.25, 0.3) is 0 Å². The molecule has 0 saturated heterocycles. The molecule has 1 aliphatic heterocycles. The maximum absolute atomic E-state index is 12.0.